The number of H-pyrrole nitrogens is 1. The van der Waals surface area contributed by atoms with Crippen LogP contribution in [-0.2, 0) is 9.59 Å². The number of aromatic amines is 1. The van der Waals surface area contributed by atoms with Crippen LogP contribution in [0.1, 0.15) is 33.1 Å². The number of carbonyl (C=O) groups excluding carboxylic acids is 2. The molecule has 4 N–H and O–H groups in total. The number of hydrogen-bond acceptors (Lipinski definition) is 6. The third-order valence-electron chi connectivity index (χ3n) is 2.75. The van der Waals surface area contributed by atoms with Crippen molar-refractivity contribution in [1.29, 1.82) is 0 Å². The number of nitrogens with zero attached hydrogens (tertiary/aromatic N) is 1. The topological polar surface area (TPSA) is 118 Å². The third kappa shape index (κ3) is 6.44. The molecule has 0 aliphatic heterocycles. The molecule has 1 rings (SSSR count). The number of amides is 1. The largest absolute Gasteiger partial charge is 0.383 e. The maximum Gasteiger partial charge on any atom is 0.253 e. The van der Waals surface area contributed by atoms with Gasteiger partial charge in [-0.2, -0.15) is 0 Å². The first-order valence-corrected chi connectivity index (χ1v) is 7.70. The minimum absolute atomic E-state index is 0.0578. The number of Topliss-reactive ketones (excluding diaryl/α,β-unsaturated/α-hetero) is 1. The van der Waals surface area contributed by atoms with Crippen molar-refractivity contribution in [3.05, 3.63) is 16.4 Å². The van der Waals surface area contributed by atoms with Gasteiger partial charge < -0.3 is 16.0 Å². The lowest BCUT2D eigenvalue weighted by Crippen LogP contribution is -2.40. The molecule has 7 nitrogen and oxygen atoms in total. The van der Waals surface area contributed by atoms with E-state index in [-0.39, 0.29) is 34.0 Å². The number of anilines is 1. The van der Waals surface area contributed by atoms with E-state index in [1.54, 1.807) is 0 Å². The Morgan fingerprint density at radius 1 is 1.52 bits per heavy atom. The first kappa shape index (κ1) is 17.2. The molecule has 8 heteroatoms. The number of carbonyl (C=O) groups is 2. The van der Waals surface area contributed by atoms with Gasteiger partial charge >= 0.3 is 0 Å². The van der Waals surface area contributed by atoms with Gasteiger partial charge in [0, 0.05) is 6.07 Å². The molecule has 1 aromatic heterocycles. The summed E-state index contributed by atoms with van der Waals surface area (Å²) in [5, 5.41) is 2.97. The summed E-state index contributed by atoms with van der Waals surface area (Å²) in [7, 11) is 0. The zero-order valence-electron chi connectivity index (χ0n) is 12.1. The summed E-state index contributed by atoms with van der Waals surface area (Å²) < 4.78 is 0. The average Bonchev–Trinajstić information content (AvgIpc) is 2.39. The van der Waals surface area contributed by atoms with Crippen LogP contribution < -0.4 is 16.6 Å². The van der Waals surface area contributed by atoms with E-state index < -0.39 is 6.04 Å². The second kappa shape index (κ2) is 8.46. The molecular weight excluding hydrogens is 292 g/mol. The number of thioether (sulfide) groups is 1. The van der Waals surface area contributed by atoms with Crippen molar-refractivity contribution in [3.8, 4) is 0 Å². The minimum Gasteiger partial charge on any atom is -0.383 e. The Balaban J connectivity index is 2.52. The van der Waals surface area contributed by atoms with Crippen molar-refractivity contribution < 1.29 is 9.59 Å². The fourth-order valence-corrected chi connectivity index (χ4v) is 2.37. The Morgan fingerprint density at radius 3 is 2.81 bits per heavy atom. The standard InChI is InChI=1S/C13H20N4O3S/c1-3-4-5-9(8(2)18)15-12(20)7-21-13-16-10(14)6-11(19)17-13/h6,9H,3-5,7H2,1-2H3,(H,15,20)(H3,14,16,17,19). The van der Waals surface area contributed by atoms with Crippen LogP contribution in [0.15, 0.2) is 16.0 Å². The van der Waals surface area contributed by atoms with Gasteiger partial charge in [0.2, 0.25) is 5.91 Å². The number of rotatable bonds is 8. The Hall–Kier alpha value is -1.83. The van der Waals surface area contributed by atoms with E-state index in [1.165, 1.54) is 13.0 Å². The van der Waals surface area contributed by atoms with Crippen molar-refractivity contribution in [2.45, 2.75) is 44.3 Å². The zero-order chi connectivity index (χ0) is 15.8. The highest BCUT2D eigenvalue weighted by molar-refractivity contribution is 7.99. The monoisotopic (exact) mass is 312 g/mol. The molecule has 0 aromatic carbocycles. The van der Waals surface area contributed by atoms with E-state index in [2.05, 4.69) is 15.3 Å². The van der Waals surface area contributed by atoms with Gasteiger partial charge in [-0.25, -0.2) is 4.98 Å². The van der Waals surface area contributed by atoms with Crippen LogP contribution in [0.5, 0.6) is 0 Å². The van der Waals surface area contributed by atoms with Crippen molar-refractivity contribution >= 4 is 29.3 Å². The SMILES string of the molecule is CCCCC(NC(=O)CSc1nc(N)cc(=O)[nH]1)C(C)=O. The van der Waals surface area contributed by atoms with E-state index in [0.717, 1.165) is 24.6 Å². The van der Waals surface area contributed by atoms with Crippen LogP contribution in [0, 0.1) is 0 Å². The van der Waals surface area contributed by atoms with Crippen LogP contribution >= 0.6 is 11.8 Å². The van der Waals surface area contributed by atoms with Gasteiger partial charge in [-0.1, -0.05) is 31.5 Å². The summed E-state index contributed by atoms with van der Waals surface area (Å²) in [5.74, 6) is -0.174. The molecule has 1 unspecified atom stereocenters. The molecule has 1 heterocycles. The molecule has 0 saturated carbocycles. The van der Waals surface area contributed by atoms with E-state index >= 15 is 0 Å². The quantitative estimate of drug-likeness (QED) is 0.480. The molecule has 1 amide bonds. The molecule has 0 aliphatic carbocycles. The summed E-state index contributed by atoms with van der Waals surface area (Å²) in [4.78, 5) is 40.9. The van der Waals surface area contributed by atoms with Crippen molar-refractivity contribution in [1.82, 2.24) is 15.3 Å². The van der Waals surface area contributed by atoms with Gasteiger partial charge in [0.15, 0.2) is 10.9 Å². The highest BCUT2D eigenvalue weighted by atomic mass is 32.2. The number of nitrogens with two attached hydrogens (primary N) is 1. The van der Waals surface area contributed by atoms with Crippen molar-refractivity contribution in [3.63, 3.8) is 0 Å². The predicted molar refractivity (Wildman–Crippen MR) is 82.1 cm³/mol. The van der Waals surface area contributed by atoms with Crippen LogP contribution in [0.3, 0.4) is 0 Å². The summed E-state index contributed by atoms with van der Waals surface area (Å²) in [6.45, 7) is 3.49. The Labute approximate surface area is 127 Å². The van der Waals surface area contributed by atoms with Gasteiger partial charge in [0.1, 0.15) is 5.82 Å². The minimum atomic E-state index is -0.453. The number of unbranched alkanes of at least 4 members (excludes halogenated alkanes) is 1. The predicted octanol–water partition coefficient (Wildman–Crippen LogP) is 0.708. The molecule has 0 bridgehead atoms. The molecule has 0 saturated heterocycles. The number of aromatic nitrogens is 2. The van der Waals surface area contributed by atoms with Gasteiger partial charge in [-0.05, 0) is 13.3 Å². The molecular formula is C13H20N4O3S. The van der Waals surface area contributed by atoms with E-state index in [9.17, 15) is 14.4 Å². The fraction of sp³-hybridized carbons (Fsp3) is 0.538. The van der Waals surface area contributed by atoms with Crippen LogP contribution in [0.2, 0.25) is 0 Å². The molecule has 0 radical (unpaired) electrons. The first-order valence-electron chi connectivity index (χ1n) is 6.71. The normalized spacial score (nSPS) is 11.9. The average molecular weight is 312 g/mol. The highest BCUT2D eigenvalue weighted by Gasteiger charge is 2.16. The summed E-state index contributed by atoms with van der Waals surface area (Å²) >= 11 is 1.06. The number of nitrogen functional groups attached to an aromatic ring is 1. The van der Waals surface area contributed by atoms with Crippen molar-refractivity contribution in [2.75, 3.05) is 11.5 Å². The molecule has 0 spiro atoms. The maximum atomic E-state index is 11.8. The maximum absolute atomic E-state index is 11.8. The molecule has 21 heavy (non-hydrogen) atoms. The lowest BCUT2D eigenvalue weighted by molar-refractivity contribution is -0.125. The smallest absolute Gasteiger partial charge is 0.253 e. The molecule has 1 atom stereocenters. The summed E-state index contributed by atoms with van der Waals surface area (Å²) in [5.41, 5.74) is 5.09. The van der Waals surface area contributed by atoms with E-state index in [4.69, 9.17) is 5.73 Å². The number of ketones is 1. The summed E-state index contributed by atoms with van der Waals surface area (Å²) in [6.07, 6.45) is 2.47. The first-order chi connectivity index (χ1) is 9.92. The third-order valence-corrected chi connectivity index (χ3v) is 3.63. The number of nitrogens with one attached hydrogen (secondary N) is 2. The highest BCUT2D eigenvalue weighted by Crippen LogP contribution is 2.11. The molecule has 0 fully saturated rings. The van der Waals surface area contributed by atoms with Crippen LogP contribution in [-0.4, -0.2) is 33.5 Å². The Morgan fingerprint density at radius 2 is 2.24 bits per heavy atom. The van der Waals surface area contributed by atoms with Gasteiger partial charge in [0.05, 0.1) is 11.8 Å². The van der Waals surface area contributed by atoms with Crippen molar-refractivity contribution in [2.24, 2.45) is 0 Å². The van der Waals surface area contributed by atoms with Gasteiger partial charge in [-0.15, -0.1) is 0 Å². The zero-order valence-corrected chi connectivity index (χ0v) is 13.0. The van der Waals surface area contributed by atoms with Gasteiger partial charge in [0.25, 0.3) is 5.56 Å². The lowest BCUT2D eigenvalue weighted by atomic mass is 10.1. The van der Waals surface area contributed by atoms with E-state index in [1.807, 2.05) is 6.92 Å². The lowest BCUT2D eigenvalue weighted by Gasteiger charge is -2.15. The van der Waals surface area contributed by atoms with Gasteiger partial charge in [-0.3, -0.25) is 14.4 Å². The van der Waals surface area contributed by atoms with Crippen LogP contribution in [0.4, 0.5) is 5.82 Å². The summed E-state index contributed by atoms with van der Waals surface area (Å²) in [6, 6.07) is 0.714. The number of hydrogen-bond donors (Lipinski definition) is 3. The molecule has 0 aliphatic rings. The van der Waals surface area contributed by atoms with Crippen LogP contribution in [0.25, 0.3) is 0 Å². The van der Waals surface area contributed by atoms with E-state index in [0.29, 0.717) is 6.42 Å². The Bertz CT molecular complexity index is 559. The fourth-order valence-electron chi connectivity index (χ4n) is 1.68. The molecule has 116 valence electrons. The molecule has 1 aromatic rings. The second-order valence-electron chi connectivity index (χ2n) is 4.64. The second-order valence-corrected chi connectivity index (χ2v) is 5.60. The Kier molecular flexibility index (Phi) is 6.93.